The van der Waals surface area contributed by atoms with Crippen molar-refractivity contribution in [3.05, 3.63) is 42.1 Å². The number of carbonyl (C=O) groups excluding carboxylic acids is 1. The molecule has 2 aromatic heterocycles. The number of nitrogens with zero attached hydrogens (tertiary/aromatic N) is 4. The van der Waals surface area contributed by atoms with Crippen LogP contribution < -0.4 is 9.47 Å². The first-order valence-corrected chi connectivity index (χ1v) is 7.72. The van der Waals surface area contributed by atoms with Crippen LogP contribution in [0.3, 0.4) is 0 Å². The molecule has 0 radical (unpaired) electrons. The minimum absolute atomic E-state index is 0.313. The highest BCUT2D eigenvalue weighted by Gasteiger charge is 2.19. The number of aromatic nitrogens is 4. The van der Waals surface area contributed by atoms with E-state index in [1.54, 1.807) is 50.4 Å². The molecule has 0 fully saturated rings. The highest BCUT2D eigenvalue weighted by atomic mass is 16.5. The summed E-state index contributed by atoms with van der Waals surface area (Å²) in [5.74, 6) is 0.686. The van der Waals surface area contributed by atoms with Crippen LogP contribution in [-0.4, -0.2) is 46.5 Å². The molecule has 0 spiro atoms. The predicted molar refractivity (Wildman–Crippen MR) is 89.9 cm³/mol. The van der Waals surface area contributed by atoms with Gasteiger partial charge in [-0.05, 0) is 25.1 Å². The molecule has 0 unspecified atom stereocenters. The fourth-order valence-electron chi connectivity index (χ4n) is 2.60. The summed E-state index contributed by atoms with van der Waals surface area (Å²) in [7, 11) is 3.12. The third-order valence-electron chi connectivity index (χ3n) is 3.66. The van der Waals surface area contributed by atoms with Crippen LogP contribution in [-0.2, 0) is 11.3 Å². The molecule has 25 heavy (non-hydrogen) atoms. The Balaban J connectivity index is 2.15. The van der Waals surface area contributed by atoms with Gasteiger partial charge in [0.25, 0.3) is 0 Å². The van der Waals surface area contributed by atoms with Crippen LogP contribution in [0, 0.1) is 0 Å². The molecule has 3 rings (SSSR count). The molecule has 3 aromatic rings. The second-order valence-electron chi connectivity index (χ2n) is 5.17. The molecule has 2 heterocycles. The van der Waals surface area contributed by atoms with Crippen molar-refractivity contribution in [1.82, 2.24) is 19.7 Å². The topological polar surface area (TPSA) is 88.4 Å². The van der Waals surface area contributed by atoms with E-state index in [2.05, 4.69) is 15.1 Å². The molecular formula is C17H18N4O4. The Morgan fingerprint density at radius 1 is 1.20 bits per heavy atom. The van der Waals surface area contributed by atoms with E-state index in [9.17, 15) is 4.79 Å². The highest BCUT2D eigenvalue weighted by molar-refractivity contribution is 5.96. The van der Waals surface area contributed by atoms with E-state index in [1.807, 2.05) is 0 Å². The molecule has 0 aliphatic rings. The van der Waals surface area contributed by atoms with Gasteiger partial charge in [0.05, 0.1) is 38.5 Å². The molecule has 8 nitrogen and oxygen atoms in total. The number of fused-ring (bicyclic) bond motifs is 1. The van der Waals surface area contributed by atoms with Gasteiger partial charge >= 0.3 is 5.97 Å². The summed E-state index contributed by atoms with van der Waals surface area (Å²) in [4.78, 5) is 20.5. The first kappa shape index (κ1) is 16.7. The highest BCUT2D eigenvalue weighted by Crippen LogP contribution is 2.37. The molecule has 0 saturated carbocycles. The van der Waals surface area contributed by atoms with Crippen LogP contribution in [0.5, 0.6) is 11.5 Å². The van der Waals surface area contributed by atoms with E-state index >= 15 is 0 Å². The molecule has 130 valence electrons. The first-order valence-electron chi connectivity index (χ1n) is 7.72. The van der Waals surface area contributed by atoms with Crippen molar-refractivity contribution in [3.63, 3.8) is 0 Å². The minimum Gasteiger partial charge on any atom is -0.492 e. The van der Waals surface area contributed by atoms with Gasteiger partial charge in [-0.2, -0.15) is 5.10 Å². The molecular weight excluding hydrogens is 324 g/mol. The molecule has 0 N–H and O–H groups in total. The summed E-state index contributed by atoms with van der Waals surface area (Å²) in [6, 6.07) is 5.14. The SMILES string of the molecule is CCOC(=O)c1ccc2c(OC)c(OC)c(Cn3cncn3)nc2c1. The van der Waals surface area contributed by atoms with Crippen molar-refractivity contribution >= 4 is 16.9 Å². The van der Waals surface area contributed by atoms with Crippen LogP contribution in [0.25, 0.3) is 10.9 Å². The van der Waals surface area contributed by atoms with Crippen LogP contribution in [0.1, 0.15) is 23.0 Å². The fourth-order valence-corrected chi connectivity index (χ4v) is 2.60. The molecule has 0 aliphatic heterocycles. The van der Waals surface area contributed by atoms with Gasteiger partial charge < -0.3 is 14.2 Å². The lowest BCUT2D eigenvalue weighted by Gasteiger charge is -2.15. The smallest absolute Gasteiger partial charge is 0.338 e. The zero-order valence-corrected chi connectivity index (χ0v) is 14.2. The summed E-state index contributed by atoms with van der Waals surface area (Å²) < 4.78 is 17.7. The van der Waals surface area contributed by atoms with Crippen molar-refractivity contribution < 1.29 is 19.0 Å². The monoisotopic (exact) mass is 342 g/mol. The number of hydrogen-bond acceptors (Lipinski definition) is 7. The molecule has 0 aliphatic carbocycles. The van der Waals surface area contributed by atoms with Crippen molar-refractivity contribution in [2.45, 2.75) is 13.5 Å². The molecule has 0 bridgehead atoms. The lowest BCUT2D eigenvalue weighted by atomic mass is 10.1. The van der Waals surface area contributed by atoms with E-state index in [1.165, 1.54) is 6.33 Å². The zero-order valence-electron chi connectivity index (χ0n) is 14.2. The van der Waals surface area contributed by atoms with E-state index < -0.39 is 0 Å². The van der Waals surface area contributed by atoms with E-state index in [0.29, 0.717) is 41.4 Å². The van der Waals surface area contributed by atoms with Crippen molar-refractivity contribution in [1.29, 1.82) is 0 Å². The molecule has 0 saturated heterocycles. The van der Waals surface area contributed by atoms with Gasteiger partial charge in [-0.3, -0.25) is 0 Å². The number of rotatable bonds is 6. The van der Waals surface area contributed by atoms with Crippen molar-refractivity contribution in [2.75, 3.05) is 20.8 Å². The number of pyridine rings is 1. The third kappa shape index (κ3) is 3.23. The minimum atomic E-state index is -0.390. The number of carbonyl (C=O) groups is 1. The maximum Gasteiger partial charge on any atom is 0.338 e. The Kier molecular flexibility index (Phi) is 4.78. The molecule has 0 atom stereocenters. The Morgan fingerprint density at radius 2 is 2.00 bits per heavy atom. The third-order valence-corrected chi connectivity index (χ3v) is 3.66. The predicted octanol–water partition coefficient (Wildman–Crippen LogP) is 2.07. The number of esters is 1. The maximum absolute atomic E-state index is 12.0. The average molecular weight is 342 g/mol. The Labute approximate surface area is 144 Å². The van der Waals surface area contributed by atoms with Gasteiger partial charge in [-0.25, -0.2) is 19.4 Å². The van der Waals surface area contributed by atoms with Crippen molar-refractivity contribution in [3.8, 4) is 11.5 Å². The van der Waals surface area contributed by atoms with E-state index in [0.717, 1.165) is 5.39 Å². The second-order valence-corrected chi connectivity index (χ2v) is 5.17. The first-order chi connectivity index (χ1) is 12.2. The van der Waals surface area contributed by atoms with Crippen LogP contribution in [0.4, 0.5) is 0 Å². The van der Waals surface area contributed by atoms with Gasteiger partial charge in [-0.15, -0.1) is 0 Å². The Bertz CT molecular complexity index is 893. The summed E-state index contributed by atoms with van der Waals surface area (Å²) >= 11 is 0. The van der Waals surface area contributed by atoms with Gasteiger partial charge in [-0.1, -0.05) is 0 Å². The van der Waals surface area contributed by atoms with Gasteiger partial charge in [0.15, 0.2) is 11.5 Å². The quantitative estimate of drug-likeness (QED) is 0.634. The normalized spacial score (nSPS) is 10.7. The Morgan fingerprint density at radius 3 is 2.64 bits per heavy atom. The lowest BCUT2D eigenvalue weighted by Crippen LogP contribution is -2.08. The molecule has 1 aromatic carbocycles. The summed E-state index contributed by atoms with van der Waals surface area (Å²) in [5.41, 5.74) is 1.66. The Hall–Kier alpha value is -3.16. The lowest BCUT2D eigenvalue weighted by molar-refractivity contribution is 0.0526. The largest absolute Gasteiger partial charge is 0.492 e. The summed E-state index contributed by atoms with van der Waals surface area (Å²) in [5, 5.41) is 4.83. The number of ether oxygens (including phenoxy) is 3. The van der Waals surface area contributed by atoms with Gasteiger partial charge in [0, 0.05) is 5.39 Å². The number of methoxy groups -OCH3 is 2. The van der Waals surface area contributed by atoms with E-state index in [-0.39, 0.29) is 5.97 Å². The number of hydrogen-bond donors (Lipinski definition) is 0. The summed E-state index contributed by atoms with van der Waals surface area (Å²) in [6.07, 6.45) is 3.04. The maximum atomic E-state index is 12.0. The van der Waals surface area contributed by atoms with Crippen LogP contribution >= 0.6 is 0 Å². The van der Waals surface area contributed by atoms with Gasteiger partial charge in [0.2, 0.25) is 0 Å². The average Bonchev–Trinajstić information content (AvgIpc) is 3.13. The van der Waals surface area contributed by atoms with Crippen LogP contribution in [0.15, 0.2) is 30.9 Å². The molecule has 0 amide bonds. The second kappa shape index (κ2) is 7.16. The van der Waals surface area contributed by atoms with Crippen LogP contribution in [0.2, 0.25) is 0 Å². The van der Waals surface area contributed by atoms with Crippen molar-refractivity contribution in [2.24, 2.45) is 0 Å². The zero-order chi connectivity index (χ0) is 17.8. The standard InChI is InChI=1S/C17H18N4O4/c1-4-25-17(22)11-5-6-12-13(7-11)20-14(8-21-10-18-9-19-21)16(24-3)15(12)23-2/h5-7,9-10H,4,8H2,1-3H3. The summed E-state index contributed by atoms with van der Waals surface area (Å²) in [6.45, 7) is 2.44. The van der Waals surface area contributed by atoms with Gasteiger partial charge in [0.1, 0.15) is 18.3 Å². The molecule has 8 heteroatoms. The van der Waals surface area contributed by atoms with E-state index in [4.69, 9.17) is 14.2 Å². The fraction of sp³-hybridized carbons (Fsp3) is 0.294. The number of benzene rings is 1.